The van der Waals surface area contributed by atoms with Crippen LogP contribution >= 0.6 is 27.7 Å². The van der Waals surface area contributed by atoms with Crippen molar-refractivity contribution in [1.82, 2.24) is 15.1 Å². The Morgan fingerprint density at radius 2 is 2.11 bits per heavy atom. The second-order valence-corrected chi connectivity index (χ2v) is 6.39. The molecule has 1 N–H and O–H groups in total. The van der Waals surface area contributed by atoms with Crippen LogP contribution < -0.4 is 5.32 Å². The summed E-state index contributed by atoms with van der Waals surface area (Å²) in [7, 11) is 0. The highest BCUT2D eigenvalue weighted by Gasteiger charge is 2.16. The maximum absolute atomic E-state index is 4.56. The maximum Gasteiger partial charge on any atom is 0.0738 e. The van der Waals surface area contributed by atoms with Crippen LogP contribution in [0.1, 0.15) is 32.2 Å². The molecule has 0 spiro atoms. The van der Waals surface area contributed by atoms with E-state index in [1.54, 1.807) is 0 Å². The van der Waals surface area contributed by atoms with E-state index in [0.29, 0.717) is 6.04 Å². The standard InChI is InChI=1S/C13H24BrN3S/c1-5-15-11(9-18-7-3)8-12-13(14)10(4)16-17(12)6-2/h11,15H,5-9H2,1-4H3. The van der Waals surface area contributed by atoms with Crippen LogP contribution in [0.15, 0.2) is 4.47 Å². The smallest absolute Gasteiger partial charge is 0.0738 e. The molecule has 0 radical (unpaired) electrons. The molecular formula is C13H24BrN3S. The van der Waals surface area contributed by atoms with Gasteiger partial charge in [0.1, 0.15) is 0 Å². The van der Waals surface area contributed by atoms with Crippen LogP contribution in [-0.4, -0.2) is 33.9 Å². The molecule has 3 nitrogen and oxygen atoms in total. The molecule has 104 valence electrons. The van der Waals surface area contributed by atoms with Crippen molar-refractivity contribution in [3.05, 3.63) is 15.9 Å². The van der Waals surface area contributed by atoms with Crippen LogP contribution in [0.5, 0.6) is 0 Å². The number of halogens is 1. The van der Waals surface area contributed by atoms with Crippen LogP contribution in [0.25, 0.3) is 0 Å². The highest BCUT2D eigenvalue weighted by Crippen LogP contribution is 2.23. The van der Waals surface area contributed by atoms with Crippen LogP contribution in [0.3, 0.4) is 0 Å². The zero-order chi connectivity index (χ0) is 13.5. The van der Waals surface area contributed by atoms with Crippen molar-refractivity contribution >= 4 is 27.7 Å². The molecule has 0 aromatic carbocycles. The molecule has 0 aliphatic carbocycles. The molecule has 0 aliphatic rings. The van der Waals surface area contributed by atoms with Crippen LogP contribution in [0.4, 0.5) is 0 Å². The fourth-order valence-electron chi connectivity index (χ4n) is 2.04. The Labute approximate surface area is 123 Å². The topological polar surface area (TPSA) is 29.9 Å². The van der Waals surface area contributed by atoms with Gasteiger partial charge in [-0.05, 0) is 42.1 Å². The molecule has 0 amide bonds. The third-order valence-corrected chi connectivity index (χ3v) is 4.99. The number of thioether (sulfide) groups is 1. The summed E-state index contributed by atoms with van der Waals surface area (Å²) in [4.78, 5) is 0. The van der Waals surface area contributed by atoms with Gasteiger partial charge < -0.3 is 5.32 Å². The first-order valence-electron chi connectivity index (χ1n) is 6.66. The van der Waals surface area contributed by atoms with Crippen LogP contribution in [0.2, 0.25) is 0 Å². The summed E-state index contributed by atoms with van der Waals surface area (Å²) in [5, 5.41) is 8.13. The zero-order valence-corrected chi connectivity index (χ0v) is 14.2. The first-order chi connectivity index (χ1) is 8.63. The molecular weight excluding hydrogens is 310 g/mol. The van der Waals surface area contributed by atoms with Gasteiger partial charge in [0.05, 0.1) is 15.9 Å². The number of rotatable bonds is 8. The number of aromatic nitrogens is 2. The molecule has 0 saturated carbocycles. The molecule has 1 atom stereocenters. The number of hydrogen-bond acceptors (Lipinski definition) is 3. The van der Waals surface area contributed by atoms with Crippen LogP contribution in [0, 0.1) is 6.92 Å². The monoisotopic (exact) mass is 333 g/mol. The van der Waals surface area contributed by atoms with Gasteiger partial charge in [0.25, 0.3) is 0 Å². The lowest BCUT2D eigenvalue weighted by atomic mass is 10.1. The van der Waals surface area contributed by atoms with E-state index in [1.807, 2.05) is 11.8 Å². The minimum Gasteiger partial charge on any atom is -0.313 e. The molecule has 18 heavy (non-hydrogen) atoms. The second kappa shape index (κ2) is 8.23. The average Bonchev–Trinajstić information content (AvgIpc) is 2.63. The summed E-state index contributed by atoms with van der Waals surface area (Å²) in [5.74, 6) is 2.33. The number of hydrogen-bond donors (Lipinski definition) is 1. The molecule has 5 heteroatoms. The van der Waals surface area contributed by atoms with E-state index in [1.165, 1.54) is 15.9 Å². The van der Waals surface area contributed by atoms with E-state index < -0.39 is 0 Å². The van der Waals surface area contributed by atoms with Gasteiger partial charge in [0.2, 0.25) is 0 Å². The van der Waals surface area contributed by atoms with E-state index in [0.717, 1.165) is 31.0 Å². The van der Waals surface area contributed by atoms with Gasteiger partial charge >= 0.3 is 0 Å². The fourth-order valence-corrected chi connectivity index (χ4v) is 3.24. The van der Waals surface area contributed by atoms with E-state index in [2.05, 4.69) is 58.7 Å². The van der Waals surface area contributed by atoms with Crippen molar-refractivity contribution in [3.63, 3.8) is 0 Å². The Balaban J connectivity index is 2.78. The van der Waals surface area contributed by atoms with Crippen molar-refractivity contribution in [2.75, 3.05) is 18.1 Å². The van der Waals surface area contributed by atoms with Crippen molar-refractivity contribution in [2.24, 2.45) is 0 Å². The van der Waals surface area contributed by atoms with Gasteiger partial charge in [0.15, 0.2) is 0 Å². The molecule has 0 fully saturated rings. The molecule has 1 heterocycles. The summed E-state index contributed by atoms with van der Waals surface area (Å²) in [6.45, 7) is 10.5. The van der Waals surface area contributed by atoms with E-state index in [-0.39, 0.29) is 0 Å². The lowest BCUT2D eigenvalue weighted by molar-refractivity contribution is 0.532. The molecule has 0 aliphatic heterocycles. The Kier molecular flexibility index (Phi) is 7.34. The van der Waals surface area contributed by atoms with Crippen LogP contribution in [-0.2, 0) is 13.0 Å². The summed E-state index contributed by atoms with van der Waals surface area (Å²) in [6.07, 6.45) is 1.04. The minimum absolute atomic E-state index is 0.526. The number of nitrogens with one attached hydrogen (secondary N) is 1. The second-order valence-electron chi connectivity index (χ2n) is 4.28. The largest absolute Gasteiger partial charge is 0.313 e. The third kappa shape index (κ3) is 4.28. The lowest BCUT2D eigenvalue weighted by Gasteiger charge is -2.18. The van der Waals surface area contributed by atoms with E-state index in [9.17, 15) is 0 Å². The Hall–Kier alpha value is 0. The van der Waals surface area contributed by atoms with Crippen molar-refractivity contribution in [3.8, 4) is 0 Å². The van der Waals surface area contributed by atoms with Gasteiger partial charge in [-0.2, -0.15) is 16.9 Å². The molecule has 1 rings (SSSR count). The highest BCUT2D eigenvalue weighted by molar-refractivity contribution is 9.10. The zero-order valence-electron chi connectivity index (χ0n) is 11.8. The van der Waals surface area contributed by atoms with Crippen molar-refractivity contribution < 1.29 is 0 Å². The highest BCUT2D eigenvalue weighted by atomic mass is 79.9. The molecule has 0 bridgehead atoms. The summed E-state index contributed by atoms with van der Waals surface area (Å²) in [5.41, 5.74) is 2.41. The summed E-state index contributed by atoms with van der Waals surface area (Å²) in [6, 6.07) is 0.526. The van der Waals surface area contributed by atoms with Gasteiger partial charge in [-0.15, -0.1) is 0 Å². The number of nitrogens with zero attached hydrogens (tertiary/aromatic N) is 2. The predicted octanol–water partition coefficient (Wildman–Crippen LogP) is 3.25. The van der Waals surface area contributed by atoms with Gasteiger partial charge in [-0.3, -0.25) is 4.68 Å². The maximum atomic E-state index is 4.56. The predicted molar refractivity (Wildman–Crippen MR) is 84.5 cm³/mol. The van der Waals surface area contributed by atoms with Gasteiger partial charge in [-0.1, -0.05) is 13.8 Å². The average molecular weight is 334 g/mol. The normalized spacial score (nSPS) is 12.9. The third-order valence-electron chi connectivity index (χ3n) is 2.91. The molecule has 1 aromatic rings. The number of likely N-dealkylation sites (N-methyl/N-ethyl adjacent to an activating group) is 1. The minimum atomic E-state index is 0.526. The Bertz CT molecular complexity index is 365. The van der Waals surface area contributed by atoms with E-state index >= 15 is 0 Å². The lowest BCUT2D eigenvalue weighted by Crippen LogP contribution is -2.34. The Morgan fingerprint density at radius 1 is 1.39 bits per heavy atom. The molecule has 1 aromatic heterocycles. The van der Waals surface area contributed by atoms with Crippen molar-refractivity contribution in [1.29, 1.82) is 0 Å². The van der Waals surface area contributed by atoms with Crippen molar-refractivity contribution in [2.45, 2.75) is 46.7 Å². The number of aryl methyl sites for hydroxylation is 2. The summed E-state index contributed by atoms with van der Waals surface area (Å²) < 4.78 is 3.29. The quantitative estimate of drug-likeness (QED) is 0.791. The molecule has 0 saturated heterocycles. The summed E-state index contributed by atoms with van der Waals surface area (Å²) >= 11 is 5.67. The molecule has 1 unspecified atom stereocenters. The first-order valence-corrected chi connectivity index (χ1v) is 8.61. The van der Waals surface area contributed by atoms with Gasteiger partial charge in [0, 0.05) is 24.8 Å². The fraction of sp³-hybridized carbons (Fsp3) is 0.769. The van der Waals surface area contributed by atoms with Gasteiger partial charge in [-0.25, -0.2) is 0 Å². The first kappa shape index (κ1) is 16.1. The Morgan fingerprint density at radius 3 is 2.67 bits per heavy atom. The SMILES string of the molecule is CCNC(CSCC)Cc1c(Br)c(C)nn1CC. The van der Waals surface area contributed by atoms with E-state index in [4.69, 9.17) is 0 Å².